The van der Waals surface area contributed by atoms with Crippen molar-refractivity contribution < 1.29 is 13.9 Å². The van der Waals surface area contributed by atoms with Gasteiger partial charge < -0.3 is 9.64 Å². The molecule has 0 aliphatic carbocycles. The summed E-state index contributed by atoms with van der Waals surface area (Å²) in [6, 6.07) is 1.43. The van der Waals surface area contributed by atoms with E-state index in [0.29, 0.717) is 24.2 Å². The quantitative estimate of drug-likeness (QED) is 0.736. The van der Waals surface area contributed by atoms with Crippen molar-refractivity contribution in [3.8, 4) is 0 Å². The van der Waals surface area contributed by atoms with Crippen LogP contribution < -0.4 is 0 Å². The summed E-state index contributed by atoms with van der Waals surface area (Å²) in [5, 5.41) is 5.31. The van der Waals surface area contributed by atoms with Gasteiger partial charge >= 0.3 is 6.09 Å². The van der Waals surface area contributed by atoms with Crippen LogP contribution in [0.3, 0.4) is 0 Å². The highest BCUT2D eigenvalue weighted by Gasteiger charge is 2.34. The summed E-state index contributed by atoms with van der Waals surface area (Å²) in [5.74, 6) is 0. The molecule has 8 heteroatoms. The summed E-state index contributed by atoms with van der Waals surface area (Å²) >= 11 is 3.41. The van der Waals surface area contributed by atoms with Gasteiger partial charge in [-0.05, 0) is 34.8 Å². The van der Waals surface area contributed by atoms with Crippen LogP contribution in [0.5, 0.6) is 0 Å². The lowest BCUT2D eigenvalue weighted by Gasteiger charge is -2.34. The number of carbonyl (C=O) groups is 1. The van der Waals surface area contributed by atoms with E-state index < -0.39 is 18.3 Å². The van der Waals surface area contributed by atoms with Gasteiger partial charge in [0.05, 0.1) is 30.9 Å². The normalized spacial score (nSPS) is 21.2. The summed E-state index contributed by atoms with van der Waals surface area (Å²) in [4.78, 5) is 17.5. The second-order valence-electron chi connectivity index (χ2n) is 5.91. The lowest BCUT2D eigenvalue weighted by Crippen LogP contribution is -2.46. The van der Waals surface area contributed by atoms with Crippen molar-refractivity contribution in [2.45, 2.75) is 38.4 Å². The number of ether oxygens (including phenoxy) is 1. The molecule has 3 heterocycles. The van der Waals surface area contributed by atoms with E-state index >= 15 is 0 Å². The Morgan fingerprint density at radius 3 is 3.12 bits per heavy atom. The number of rotatable bonds is 4. The average molecular weight is 399 g/mol. The van der Waals surface area contributed by atoms with Crippen LogP contribution in [0.15, 0.2) is 23.1 Å². The smallest absolute Gasteiger partial charge is 0.409 e. The Kier molecular flexibility index (Phi) is 5.33. The molecule has 1 saturated heterocycles. The van der Waals surface area contributed by atoms with Crippen molar-refractivity contribution in [2.24, 2.45) is 0 Å². The first kappa shape index (κ1) is 17.1. The van der Waals surface area contributed by atoms with Crippen LogP contribution in [-0.4, -0.2) is 51.6 Å². The number of fused-ring (bicyclic) bond motifs is 1. The van der Waals surface area contributed by atoms with E-state index in [0.717, 1.165) is 23.7 Å². The number of amides is 1. The molecule has 0 aromatic carbocycles. The number of carbonyl (C=O) groups excluding carboxylic acids is 1. The molecule has 1 fully saturated rings. The summed E-state index contributed by atoms with van der Waals surface area (Å²) in [7, 11) is 0. The summed E-state index contributed by atoms with van der Waals surface area (Å²) < 4.78 is 22.2. The Hall–Kier alpha value is -1.70. The summed E-state index contributed by atoms with van der Waals surface area (Å²) in [5.41, 5.74) is 0.788. The summed E-state index contributed by atoms with van der Waals surface area (Å²) in [6.07, 6.45) is 4.00. The Bertz CT molecular complexity index is 723. The Labute approximate surface area is 148 Å². The van der Waals surface area contributed by atoms with Crippen molar-refractivity contribution in [2.75, 3.05) is 19.7 Å². The predicted octanol–water partition coefficient (Wildman–Crippen LogP) is 3.72. The monoisotopic (exact) mass is 398 g/mol. The maximum absolute atomic E-state index is 14.7. The van der Waals surface area contributed by atoms with E-state index in [1.807, 2.05) is 13.0 Å². The van der Waals surface area contributed by atoms with Gasteiger partial charge in [-0.15, -0.1) is 0 Å². The zero-order valence-electron chi connectivity index (χ0n) is 13.5. The molecular formula is C16H20BrFN4O2. The van der Waals surface area contributed by atoms with Crippen molar-refractivity contribution in [3.05, 3.63) is 23.1 Å². The average Bonchev–Trinajstić information content (AvgIpc) is 2.92. The molecule has 130 valence electrons. The second-order valence-corrected chi connectivity index (χ2v) is 6.67. The van der Waals surface area contributed by atoms with Gasteiger partial charge in [-0.25, -0.2) is 9.18 Å². The van der Waals surface area contributed by atoms with Crippen LogP contribution in [0.4, 0.5) is 9.18 Å². The van der Waals surface area contributed by atoms with Gasteiger partial charge in [0, 0.05) is 18.1 Å². The number of likely N-dealkylation sites (tertiary alicyclic amines) is 1. The maximum Gasteiger partial charge on any atom is 0.409 e. The number of aromatic nitrogens is 3. The summed E-state index contributed by atoms with van der Waals surface area (Å²) in [6.45, 7) is 2.89. The number of pyridine rings is 1. The zero-order chi connectivity index (χ0) is 17.1. The van der Waals surface area contributed by atoms with E-state index in [2.05, 4.69) is 26.0 Å². The molecule has 1 amide bonds. The van der Waals surface area contributed by atoms with Gasteiger partial charge in [0.25, 0.3) is 0 Å². The molecular weight excluding hydrogens is 379 g/mol. The minimum atomic E-state index is -1.20. The second kappa shape index (κ2) is 7.46. The SMILES string of the molecule is CCCCOC(=O)N1CC[C@H](n2nc(Br)c3ccncc32)[C@H](F)C1. The molecule has 24 heavy (non-hydrogen) atoms. The minimum Gasteiger partial charge on any atom is -0.449 e. The zero-order valence-corrected chi connectivity index (χ0v) is 15.1. The number of halogens is 2. The van der Waals surface area contributed by atoms with Gasteiger partial charge in [0.2, 0.25) is 0 Å². The lowest BCUT2D eigenvalue weighted by molar-refractivity contribution is 0.0556. The molecule has 0 N–H and O–H groups in total. The number of alkyl halides is 1. The first-order valence-electron chi connectivity index (χ1n) is 8.15. The van der Waals surface area contributed by atoms with Crippen molar-refractivity contribution in [3.63, 3.8) is 0 Å². The number of nitrogens with zero attached hydrogens (tertiary/aromatic N) is 4. The molecule has 2 aromatic heterocycles. The van der Waals surface area contributed by atoms with Crippen LogP contribution in [0, 0.1) is 0 Å². The highest BCUT2D eigenvalue weighted by Crippen LogP contribution is 2.31. The number of hydrogen-bond acceptors (Lipinski definition) is 4. The fourth-order valence-corrected chi connectivity index (χ4v) is 3.43. The van der Waals surface area contributed by atoms with Crippen LogP contribution in [0.25, 0.3) is 10.9 Å². The molecule has 2 aromatic rings. The third-order valence-corrected chi connectivity index (χ3v) is 4.85. The van der Waals surface area contributed by atoms with Crippen molar-refractivity contribution in [1.82, 2.24) is 19.7 Å². The number of unbranched alkanes of at least 4 members (excludes halogenated alkanes) is 1. The Morgan fingerprint density at radius 2 is 2.38 bits per heavy atom. The molecule has 2 atom stereocenters. The van der Waals surface area contributed by atoms with Crippen LogP contribution >= 0.6 is 15.9 Å². The predicted molar refractivity (Wildman–Crippen MR) is 91.6 cm³/mol. The Morgan fingerprint density at radius 1 is 1.54 bits per heavy atom. The first-order valence-corrected chi connectivity index (χ1v) is 8.94. The highest BCUT2D eigenvalue weighted by molar-refractivity contribution is 9.10. The molecule has 0 unspecified atom stereocenters. The maximum atomic E-state index is 14.7. The topological polar surface area (TPSA) is 60.2 Å². The third-order valence-electron chi connectivity index (χ3n) is 4.27. The van der Waals surface area contributed by atoms with Crippen LogP contribution in [-0.2, 0) is 4.74 Å². The van der Waals surface area contributed by atoms with Crippen molar-refractivity contribution >= 4 is 32.9 Å². The number of hydrogen-bond donors (Lipinski definition) is 0. The van der Waals surface area contributed by atoms with Gasteiger partial charge in [-0.2, -0.15) is 5.10 Å². The lowest BCUT2D eigenvalue weighted by atomic mass is 10.0. The molecule has 0 saturated carbocycles. The molecule has 6 nitrogen and oxygen atoms in total. The van der Waals surface area contributed by atoms with Gasteiger partial charge in [0.1, 0.15) is 10.8 Å². The molecule has 0 bridgehead atoms. The molecule has 0 radical (unpaired) electrons. The van der Waals surface area contributed by atoms with Crippen molar-refractivity contribution in [1.29, 1.82) is 0 Å². The van der Waals surface area contributed by atoms with E-state index in [4.69, 9.17) is 4.74 Å². The molecule has 1 aliphatic rings. The molecule has 0 spiro atoms. The standard InChI is InChI=1S/C16H20BrFN4O2/c1-2-3-8-24-16(23)21-7-5-13(12(18)10-21)22-14-9-19-6-4-11(14)15(17)20-22/h4,6,9,12-13H,2-3,5,7-8,10H2,1H3/t12-,13+/m1/s1. The third kappa shape index (κ3) is 3.38. The minimum absolute atomic E-state index is 0.0227. The molecule has 3 rings (SSSR count). The Balaban J connectivity index is 1.70. The van der Waals surface area contributed by atoms with Gasteiger partial charge in [0.15, 0.2) is 0 Å². The largest absolute Gasteiger partial charge is 0.449 e. The van der Waals surface area contributed by atoms with E-state index in [1.54, 1.807) is 17.1 Å². The van der Waals surface area contributed by atoms with E-state index in [-0.39, 0.29) is 6.54 Å². The fraction of sp³-hybridized carbons (Fsp3) is 0.562. The van der Waals surface area contributed by atoms with Crippen LogP contribution in [0.2, 0.25) is 0 Å². The highest BCUT2D eigenvalue weighted by atomic mass is 79.9. The van der Waals surface area contributed by atoms with Gasteiger partial charge in [-0.3, -0.25) is 9.67 Å². The van der Waals surface area contributed by atoms with E-state index in [1.165, 1.54) is 4.90 Å². The molecule has 1 aliphatic heterocycles. The first-order chi connectivity index (χ1) is 11.6. The fourth-order valence-electron chi connectivity index (χ4n) is 2.93. The van der Waals surface area contributed by atoms with Crippen LogP contribution in [0.1, 0.15) is 32.2 Å². The van der Waals surface area contributed by atoms with E-state index in [9.17, 15) is 9.18 Å². The number of piperidine rings is 1. The van der Waals surface area contributed by atoms with Gasteiger partial charge in [-0.1, -0.05) is 13.3 Å².